The van der Waals surface area contributed by atoms with Gasteiger partial charge in [0.15, 0.2) is 0 Å². The highest BCUT2D eigenvalue weighted by atomic mass is 35.5. The van der Waals surface area contributed by atoms with Crippen molar-refractivity contribution in [3.63, 3.8) is 0 Å². The summed E-state index contributed by atoms with van der Waals surface area (Å²) < 4.78 is 5.43. The molecule has 0 saturated carbocycles. The molecule has 0 heterocycles. The van der Waals surface area contributed by atoms with Crippen molar-refractivity contribution in [3.05, 3.63) is 65.7 Å². The third kappa shape index (κ3) is 6.36. The maximum atomic E-state index is 12.9. The molecule has 0 bridgehead atoms. The predicted molar refractivity (Wildman–Crippen MR) is 109 cm³/mol. The molecule has 1 atom stereocenters. The fourth-order valence-electron chi connectivity index (χ4n) is 2.95. The van der Waals surface area contributed by atoms with Gasteiger partial charge in [-0.15, -0.1) is 12.4 Å². The number of hydrogen-bond acceptors (Lipinski definition) is 3. The molecule has 0 aromatic heterocycles. The molecule has 0 fully saturated rings. The highest BCUT2D eigenvalue weighted by Gasteiger charge is 2.19. The Balaban J connectivity index is 0.00000338. The van der Waals surface area contributed by atoms with Crippen molar-refractivity contribution in [1.29, 1.82) is 0 Å². The second-order valence-electron chi connectivity index (χ2n) is 6.29. The van der Waals surface area contributed by atoms with E-state index in [4.69, 9.17) is 10.5 Å². The van der Waals surface area contributed by atoms with Gasteiger partial charge < -0.3 is 15.4 Å². The maximum absolute atomic E-state index is 12.9. The zero-order chi connectivity index (χ0) is 18.1. The normalized spacial score (nSPS) is 11.3. The van der Waals surface area contributed by atoms with Gasteiger partial charge in [0.25, 0.3) is 0 Å². The highest BCUT2D eigenvalue weighted by Crippen LogP contribution is 2.29. The van der Waals surface area contributed by atoms with E-state index in [2.05, 4.69) is 6.92 Å². The van der Waals surface area contributed by atoms with Crippen LogP contribution in [0.4, 0.5) is 0 Å². The molecule has 5 heteroatoms. The van der Waals surface area contributed by atoms with Crippen LogP contribution in [0.2, 0.25) is 0 Å². The first kappa shape index (κ1) is 22.0. The van der Waals surface area contributed by atoms with Gasteiger partial charge >= 0.3 is 0 Å². The standard InChI is InChI=1S/C21H28N2O2.ClH/c1-17(19-11-6-7-12-20(19)25-2)15-21(24)23(14-8-13-22)16-18-9-4-3-5-10-18;/h3-7,9-12,17H,8,13-16,22H2,1-2H3;1H. The molecule has 0 aliphatic carbocycles. The molecule has 0 radical (unpaired) electrons. The van der Waals surface area contributed by atoms with E-state index in [9.17, 15) is 4.79 Å². The number of para-hydroxylation sites is 1. The monoisotopic (exact) mass is 376 g/mol. The van der Waals surface area contributed by atoms with E-state index >= 15 is 0 Å². The molecule has 4 nitrogen and oxygen atoms in total. The molecule has 1 unspecified atom stereocenters. The Labute approximate surface area is 162 Å². The van der Waals surface area contributed by atoms with Gasteiger partial charge in [0.1, 0.15) is 5.75 Å². The largest absolute Gasteiger partial charge is 0.496 e. The number of carbonyl (C=O) groups excluding carboxylic acids is 1. The average Bonchev–Trinajstić information content (AvgIpc) is 2.65. The molecule has 0 saturated heterocycles. The van der Waals surface area contributed by atoms with Crippen LogP contribution in [0.5, 0.6) is 5.75 Å². The summed E-state index contributed by atoms with van der Waals surface area (Å²) in [5.74, 6) is 1.08. The van der Waals surface area contributed by atoms with E-state index in [-0.39, 0.29) is 24.2 Å². The molecular formula is C21H29ClN2O2. The lowest BCUT2D eigenvalue weighted by molar-refractivity contribution is -0.132. The van der Waals surface area contributed by atoms with E-state index in [0.29, 0.717) is 26.1 Å². The van der Waals surface area contributed by atoms with Crippen LogP contribution < -0.4 is 10.5 Å². The second kappa shape index (κ2) is 11.6. The minimum Gasteiger partial charge on any atom is -0.496 e. The maximum Gasteiger partial charge on any atom is 0.223 e. The quantitative estimate of drug-likeness (QED) is 0.719. The van der Waals surface area contributed by atoms with Crippen molar-refractivity contribution >= 4 is 18.3 Å². The summed E-state index contributed by atoms with van der Waals surface area (Å²) >= 11 is 0. The third-order valence-electron chi connectivity index (χ3n) is 4.35. The SMILES string of the molecule is COc1ccccc1C(C)CC(=O)N(CCCN)Cc1ccccc1.Cl. The van der Waals surface area contributed by atoms with Gasteiger partial charge in [-0.25, -0.2) is 0 Å². The van der Waals surface area contributed by atoms with Crippen LogP contribution >= 0.6 is 12.4 Å². The number of methoxy groups -OCH3 is 1. The van der Waals surface area contributed by atoms with Crippen molar-refractivity contribution in [2.45, 2.75) is 32.2 Å². The molecular weight excluding hydrogens is 348 g/mol. The molecule has 26 heavy (non-hydrogen) atoms. The lowest BCUT2D eigenvalue weighted by atomic mass is 9.96. The summed E-state index contributed by atoms with van der Waals surface area (Å²) in [6.07, 6.45) is 1.26. The van der Waals surface area contributed by atoms with Crippen LogP contribution in [0.15, 0.2) is 54.6 Å². The van der Waals surface area contributed by atoms with Crippen molar-refractivity contribution in [1.82, 2.24) is 4.90 Å². The van der Waals surface area contributed by atoms with E-state index in [1.54, 1.807) is 7.11 Å². The number of carbonyl (C=O) groups is 1. The second-order valence-corrected chi connectivity index (χ2v) is 6.29. The number of benzene rings is 2. The molecule has 142 valence electrons. The molecule has 0 aliphatic heterocycles. The van der Waals surface area contributed by atoms with Crippen LogP contribution in [-0.4, -0.2) is 31.0 Å². The van der Waals surface area contributed by atoms with Crippen molar-refractivity contribution in [3.8, 4) is 5.75 Å². The molecule has 2 rings (SSSR count). The molecule has 2 N–H and O–H groups in total. The Kier molecular flexibility index (Phi) is 9.78. The molecule has 2 aromatic rings. The number of nitrogens with zero attached hydrogens (tertiary/aromatic N) is 1. The summed E-state index contributed by atoms with van der Waals surface area (Å²) in [6.45, 7) is 3.96. The molecule has 1 amide bonds. The number of halogens is 1. The first-order valence-corrected chi connectivity index (χ1v) is 8.80. The zero-order valence-electron chi connectivity index (χ0n) is 15.6. The lowest BCUT2D eigenvalue weighted by Crippen LogP contribution is -2.33. The zero-order valence-corrected chi connectivity index (χ0v) is 16.4. The van der Waals surface area contributed by atoms with E-state index < -0.39 is 0 Å². The van der Waals surface area contributed by atoms with Gasteiger partial charge in [-0.2, -0.15) is 0 Å². The first-order chi connectivity index (χ1) is 12.2. The number of hydrogen-bond donors (Lipinski definition) is 1. The Morgan fingerprint density at radius 3 is 2.42 bits per heavy atom. The van der Waals surface area contributed by atoms with Gasteiger partial charge in [0.2, 0.25) is 5.91 Å². The van der Waals surface area contributed by atoms with Crippen LogP contribution in [-0.2, 0) is 11.3 Å². The van der Waals surface area contributed by atoms with E-state index in [1.165, 1.54) is 0 Å². The molecule has 0 spiro atoms. The Hall–Kier alpha value is -2.04. The molecule has 0 aliphatic rings. The first-order valence-electron chi connectivity index (χ1n) is 8.80. The number of nitrogens with two attached hydrogens (primary N) is 1. The summed E-state index contributed by atoms with van der Waals surface area (Å²) in [5.41, 5.74) is 7.85. The average molecular weight is 377 g/mol. The van der Waals surface area contributed by atoms with Crippen LogP contribution in [0.25, 0.3) is 0 Å². The molecule has 2 aromatic carbocycles. The third-order valence-corrected chi connectivity index (χ3v) is 4.35. The van der Waals surface area contributed by atoms with Crippen LogP contribution in [0, 0.1) is 0 Å². The fraction of sp³-hybridized carbons (Fsp3) is 0.381. The summed E-state index contributed by atoms with van der Waals surface area (Å²) in [4.78, 5) is 14.8. The van der Waals surface area contributed by atoms with Crippen LogP contribution in [0.1, 0.15) is 36.8 Å². The lowest BCUT2D eigenvalue weighted by Gasteiger charge is -2.25. The Morgan fingerprint density at radius 1 is 1.12 bits per heavy atom. The van der Waals surface area contributed by atoms with Crippen molar-refractivity contribution in [2.24, 2.45) is 5.73 Å². The van der Waals surface area contributed by atoms with E-state index in [1.807, 2.05) is 59.5 Å². The number of rotatable bonds is 9. The van der Waals surface area contributed by atoms with Gasteiger partial charge in [0.05, 0.1) is 7.11 Å². The topological polar surface area (TPSA) is 55.6 Å². The van der Waals surface area contributed by atoms with Crippen molar-refractivity contribution in [2.75, 3.05) is 20.2 Å². The summed E-state index contributed by atoms with van der Waals surface area (Å²) in [5, 5.41) is 0. The highest BCUT2D eigenvalue weighted by molar-refractivity contribution is 5.85. The predicted octanol–water partition coefficient (Wildman–Crippen LogP) is 3.99. The van der Waals surface area contributed by atoms with Gasteiger partial charge in [-0.1, -0.05) is 55.5 Å². The Bertz CT molecular complexity index is 664. The van der Waals surface area contributed by atoms with E-state index in [0.717, 1.165) is 23.3 Å². The van der Waals surface area contributed by atoms with Crippen LogP contribution in [0.3, 0.4) is 0 Å². The van der Waals surface area contributed by atoms with Gasteiger partial charge in [-0.05, 0) is 36.1 Å². The summed E-state index contributed by atoms with van der Waals surface area (Å²) in [6, 6.07) is 18.0. The van der Waals surface area contributed by atoms with Gasteiger partial charge in [0, 0.05) is 19.5 Å². The number of ether oxygens (including phenoxy) is 1. The van der Waals surface area contributed by atoms with Crippen molar-refractivity contribution < 1.29 is 9.53 Å². The minimum absolute atomic E-state index is 0. The Morgan fingerprint density at radius 2 is 1.77 bits per heavy atom. The fourth-order valence-corrected chi connectivity index (χ4v) is 2.95. The minimum atomic E-state index is 0. The van der Waals surface area contributed by atoms with Gasteiger partial charge in [-0.3, -0.25) is 4.79 Å². The summed E-state index contributed by atoms with van der Waals surface area (Å²) in [7, 11) is 1.66. The number of amides is 1. The smallest absolute Gasteiger partial charge is 0.223 e.